The predicted molar refractivity (Wildman–Crippen MR) is 88.9 cm³/mol. The van der Waals surface area contributed by atoms with Crippen molar-refractivity contribution in [1.82, 2.24) is 10.6 Å². The van der Waals surface area contributed by atoms with Crippen molar-refractivity contribution in [3.63, 3.8) is 0 Å². The van der Waals surface area contributed by atoms with Crippen LogP contribution in [-0.2, 0) is 14.3 Å². The number of nitro benzene ring substituents is 1. The number of hydrogen-bond donors (Lipinski definition) is 2. The molecule has 136 valence electrons. The summed E-state index contributed by atoms with van der Waals surface area (Å²) in [6.07, 6.45) is 0.818. The van der Waals surface area contributed by atoms with Crippen LogP contribution in [0.2, 0.25) is 0 Å². The largest absolute Gasteiger partial charge is 0.454 e. The maximum atomic E-state index is 11.8. The van der Waals surface area contributed by atoms with Gasteiger partial charge in [0.15, 0.2) is 6.61 Å². The van der Waals surface area contributed by atoms with Gasteiger partial charge in [-0.3, -0.25) is 24.5 Å². The van der Waals surface area contributed by atoms with E-state index in [1.807, 2.05) is 13.8 Å². The molecule has 0 aliphatic heterocycles. The van der Waals surface area contributed by atoms with Gasteiger partial charge in [0, 0.05) is 24.2 Å². The summed E-state index contributed by atoms with van der Waals surface area (Å²) >= 11 is 0. The molecule has 0 heterocycles. The number of benzene rings is 1. The van der Waals surface area contributed by atoms with Crippen molar-refractivity contribution in [3.05, 3.63) is 39.9 Å². The average molecular weight is 351 g/mol. The second kappa shape index (κ2) is 10.0. The van der Waals surface area contributed by atoms with Crippen LogP contribution in [0.3, 0.4) is 0 Å². The summed E-state index contributed by atoms with van der Waals surface area (Å²) in [5.74, 6) is -1.40. The third kappa shape index (κ3) is 7.91. The number of carbonyl (C=O) groups excluding carboxylic acids is 3. The minimum absolute atomic E-state index is 0.0495. The number of amides is 2. The molecule has 9 heteroatoms. The Kier molecular flexibility index (Phi) is 8.04. The van der Waals surface area contributed by atoms with E-state index in [0.717, 1.165) is 12.5 Å². The van der Waals surface area contributed by atoms with Gasteiger partial charge in [-0.05, 0) is 18.4 Å². The smallest absolute Gasteiger partial charge is 0.325 e. The molecule has 1 aromatic rings. The molecule has 0 aliphatic carbocycles. The number of esters is 1. The maximum Gasteiger partial charge on any atom is 0.325 e. The van der Waals surface area contributed by atoms with E-state index in [2.05, 4.69) is 10.6 Å². The number of hydrogen-bond acceptors (Lipinski definition) is 6. The van der Waals surface area contributed by atoms with E-state index < -0.39 is 35.9 Å². The molecular weight excluding hydrogens is 330 g/mol. The Morgan fingerprint density at radius 3 is 2.60 bits per heavy atom. The van der Waals surface area contributed by atoms with E-state index in [1.165, 1.54) is 18.2 Å². The van der Waals surface area contributed by atoms with Crippen molar-refractivity contribution in [2.45, 2.75) is 20.3 Å². The average Bonchev–Trinajstić information content (AvgIpc) is 2.57. The number of rotatable bonds is 9. The van der Waals surface area contributed by atoms with Crippen LogP contribution in [0.4, 0.5) is 5.69 Å². The third-order valence-electron chi connectivity index (χ3n) is 3.12. The molecule has 0 bridgehead atoms. The zero-order valence-corrected chi connectivity index (χ0v) is 14.1. The van der Waals surface area contributed by atoms with Crippen LogP contribution in [0.5, 0.6) is 0 Å². The van der Waals surface area contributed by atoms with E-state index in [4.69, 9.17) is 4.74 Å². The van der Waals surface area contributed by atoms with Crippen molar-refractivity contribution < 1.29 is 24.0 Å². The molecule has 0 unspecified atom stereocenters. The predicted octanol–water partition coefficient (Wildman–Crippen LogP) is 1.03. The Bertz CT molecular complexity index is 645. The minimum Gasteiger partial charge on any atom is -0.454 e. The molecule has 9 nitrogen and oxygen atoms in total. The summed E-state index contributed by atoms with van der Waals surface area (Å²) < 4.78 is 4.74. The molecule has 0 aliphatic rings. The van der Waals surface area contributed by atoms with Crippen LogP contribution in [0.1, 0.15) is 30.6 Å². The molecule has 1 rings (SSSR count). The lowest BCUT2D eigenvalue weighted by Crippen LogP contribution is -2.34. The highest BCUT2D eigenvalue weighted by molar-refractivity contribution is 5.96. The quantitative estimate of drug-likeness (QED) is 0.388. The maximum absolute atomic E-state index is 11.8. The molecule has 0 saturated heterocycles. The molecule has 0 fully saturated rings. The highest BCUT2D eigenvalue weighted by Crippen LogP contribution is 2.12. The number of non-ortho nitro benzene ring substituents is 1. The van der Waals surface area contributed by atoms with Gasteiger partial charge in [-0.15, -0.1) is 0 Å². The second-order valence-electron chi connectivity index (χ2n) is 5.68. The summed E-state index contributed by atoms with van der Waals surface area (Å²) in [5, 5.41) is 15.6. The Morgan fingerprint density at radius 1 is 1.24 bits per heavy atom. The molecule has 0 spiro atoms. The second-order valence-corrected chi connectivity index (χ2v) is 5.68. The fraction of sp³-hybridized carbons (Fsp3) is 0.438. The van der Waals surface area contributed by atoms with Crippen LogP contribution in [0, 0.1) is 16.0 Å². The first kappa shape index (κ1) is 20.1. The highest BCUT2D eigenvalue weighted by atomic mass is 16.6. The number of nitrogens with zero attached hydrogens (tertiary/aromatic N) is 1. The van der Waals surface area contributed by atoms with Crippen LogP contribution in [-0.4, -0.2) is 42.4 Å². The number of nitrogens with one attached hydrogen (secondary N) is 2. The van der Waals surface area contributed by atoms with Crippen molar-refractivity contribution in [1.29, 1.82) is 0 Å². The molecule has 0 atom stereocenters. The SMILES string of the molecule is CC(C)CCNC(=O)COC(=O)CNC(=O)c1cccc([N+](=O)[O-])c1. The summed E-state index contributed by atoms with van der Waals surface area (Å²) in [5.41, 5.74) is -0.179. The summed E-state index contributed by atoms with van der Waals surface area (Å²) in [6.45, 7) is 3.68. The first-order valence-electron chi connectivity index (χ1n) is 7.74. The fourth-order valence-electron chi connectivity index (χ4n) is 1.76. The van der Waals surface area contributed by atoms with Gasteiger partial charge in [0.1, 0.15) is 6.54 Å². The Hall–Kier alpha value is -2.97. The monoisotopic (exact) mass is 351 g/mol. The van der Waals surface area contributed by atoms with Gasteiger partial charge in [0.2, 0.25) is 0 Å². The van der Waals surface area contributed by atoms with Gasteiger partial charge in [0.25, 0.3) is 17.5 Å². The van der Waals surface area contributed by atoms with Crippen LogP contribution in [0.15, 0.2) is 24.3 Å². The van der Waals surface area contributed by atoms with Crippen LogP contribution < -0.4 is 10.6 Å². The number of nitro groups is 1. The standard InChI is InChI=1S/C16H21N3O6/c1-11(2)6-7-17-14(20)10-25-15(21)9-18-16(22)12-4-3-5-13(8-12)19(23)24/h3-5,8,11H,6-7,9-10H2,1-2H3,(H,17,20)(H,18,22). The Labute approximate surface area is 144 Å². The zero-order valence-electron chi connectivity index (χ0n) is 14.1. The van der Waals surface area contributed by atoms with E-state index in [1.54, 1.807) is 0 Å². The lowest BCUT2D eigenvalue weighted by Gasteiger charge is -2.08. The topological polar surface area (TPSA) is 128 Å². The summed E-state index contributed by atoms with van der Waals surface area (Å²) in [4.78, 5) is 44.9. The van der Waals surface area contributed by atoms with Crippen molar-refractivity contribution in [2.75, 3.05) is 19.7 Å². The van der Waals surface area contributed by atoms with Crippen LogP contribution >= 0.6 is 0 Å². The molecule has 2 amide bonds. The number of ether oxygens (including phenoxy) is 1. The third-order valence-corrected chi connectivity index (χ3v) is 3.12. The Morgan fingerprint density at radius 2 is 1.96 bits per heavy atom. The van der Waals surface area contributed by atoms with Crippen molar-refractivity contribution in [2.24, 2.45) is 5.92 Å². The summed E-state index contributed by atoms with van der Waals surface area (Å²) in [6, 6.07) is 5.11. The molecule has 1 aromatic carbocycles. The van der Waals surface area contributed by atoms with Gasteiger partial charge in [-0.2, -0.15) is 0 Å². The van der Waals surface area contributed by atoms with E-state index >= 15 is 0 Å². The van der Waals surface area contributed by atoms with Crippen molar-refractivity contribution >= 4 is 23.5 Å². The van der Waals surface area contributed by atoms with E-state index in [9.17, 15) is 24.5 Å². The van der Waals surface area contributed by atoms with Gasteiger partial charge in [-0.1, -0.05) is 19.9 Å². The van der Waals surface area contributed by atoms with Gasteiger partial charge in [-0.25, -0.2) is 0 Å². The normalized spacial score (nSPS) is 10.2. The molecular formula is C16H21N3O6. The van der Waals surface area contributed by atoms with E-state index in [0.29, 0.717) is 12.5 Å². The van der Waals surface area contributed by atoms with Crippen LogP contribution in [0.25, 0.3) is 0 Å². The molecule has 25 heavy (non-hydrogen) atoms. The summed E-state index contributed by atoms with van der Waals surface area (Å²) in [7, 11) is 0. The van der Waals surface area contributed by atoms with E-state index in [-0.39, 0.29) is 11.3 Å². The molecule has 2 N–H and O–H groups in total. The molecule has 0 saturated carbocycles. The minimum atomic E-state index is -0.780. The lowest BCUT2D eigenvalue weighted by molar-refractivity contribution is -0.384. The first-order valence-corrected chi connectivity index (χ1v) is 7.74. The first-order chi connectivity index (χ1) is 11.8. The fourth-order valence-corrected chi connectivity index (χ4v) is 1.76. The highest BCUT2D eigenvalue weighted by Gasteiger charge is 2.13. The van der Waals surface area contributed by atoms with Gasteiger partial charge < -0.3 is 15.4 Å². The zero-order chi connectivity index (χ0) is 18.8. The lowest BCUT2D eigenvalue weighted by atomic mass is 10.1. The van der Waals surface area contributed by atoms with Crippen molar-refractivity contribution in [3.8, 4) is 0 Å². The molecule has 0 radical (unpaired) electrons. The van der Waals surface area contributed by atoms with Gasteiger partial charge in [0.05, 0.1) is 4.92 Å². The Balaban J connectivity index is 2.34. The van der Waals surface area contributed by atoms with Gasteiger partial charge >= 0.3 is 5.97 Å². The number of carbonyl (C=O) groups is 3. The molecule has 0 aromatic heterocycles.